The van der Waals surface area contributed by atoms with E-state index >= 15 is 0 Å². The summed E-state index contributed by atoms with van der Waals surface area (Å²) in [6.45, 7) is 0. The molecule has 0 aromatic heterocycles. The van der Waals surface area contributed by atoms with Crippen LogP contribution in [0, 0.1) is 0 Å². The number of carbonyl (C=O) groups excluding carboxylic acids is 1. The second-order valence-electron chi connectivity index (χ2n) is 4.86. The van der Waals surface area contributed by atoms with Crippen LogP contribution in [-0.4, -0.2) is 20.1 Å². The Hall–Kier alpha value is -1.91. The minimum Gasteiger partial charge on any atom is -0.493 e. The van der Waals surface area contributed by atoms with Crippen LogP contribution < -0.4 is 14.8 Å². The normalized spacial score (nSPS) is 10.3. The number of benzene rings is 2. The topological polar surface area (TPSA) is 47.6 Å². The molecule has 0 unspecified atom stereocenters. The number of amides is 1. The number of anilines is 1. The molecular weight excluding hydrogens is 337 g/mol. The van der Waals surface area contributed by atoms with Crippen molar-refractivity contribution in [2.24, 2.45) is 0 Å². The molecule has 0 aliphatic heterocycles. The second-order valence-corrected chi connectivity index (χ2v) is 5.71. The maximum Gasteiger partial charge on any atom is 0.224 e. The van der Waals surface area contributed by atoms with E-state index in [0.717, 1.165) is 5.56 Å². The van der Waals surface area contributed by atoms with Crippen LogP contribution in [0.3, 0.4) is 0 Å². The largest absolute Gasteiger partial charge is 0.493 e. The molecule has 0 heterocycles. The first-order valence-corrected chi connectivity index (χ1v) is 7.75. The summed E-state index contributed by atoms with van der Waals surface area (Å²) in [4.78, 5) is 12.1. The molecule has 2 aromatic carbocycles. The van der Waals surface area contributed by atoms with Crippen molar-refractivity contribution in [1.82, 2.24) is 0 Å². The predicted octanol–water partition coefficient (Wildman–Crippen LogP) is 4.58. The number of methoxy groups -OCH3 is 2. The highest BCUT2D eigenvalue weighted by molar-refractivity contribution is 6.35. The second kappa shape index (κ2) is 8.09. The van der Waals surface area contributed by atoms with Gasteiger partial charge >= 0.3 is 0 Å². The van der Waals surface area contributed by atoms with E-state index in [-0.39, 0.29) is 5.91 Å². The van der Waals surface area contributed by atoms with E-state index in [0.29, 0.717) is 40.1 Å². The number of hydrogen-bond acceptors (Lipinski definition) is 3. The highest BCUT2D eigenvalue weighted by Gasteiger charge is 2.09. The Balaban J connectivity index is 1.98. The van der Waals surface area contributed by atoms with Crippen molar-refractivity contribution in [1.29, 1.82) is 0 Å². The van der Waals surface area contributed by atoms with Gasteiger partial charge in [-0.2, -0.15) is 0 Å². The first-order valence-electron chi connectivity index (χ1n) is 6.99. The fraction of sp³-hybridized carbons (Fsp3) is 0.235. The SMILES string of the molecule is COc1ccc(CCC(=O)Nc2cc(Cl)ccc2Cl)cc1OC. The van der Waals surface area contributed by atoms with Crippen LogP contribution in [0.25, 0.3) is 0 Å². The number of hydrogen-bond donors (Lipinski definition) is 1. The molecule has 0 aliphatic carbocycles. The van der Waals surface area contributed by atoms with E-state index in [1.807, 2.05) is 18.2 Å². The van der Waals surface area contributed by atoms with Crippen LogP contribution in [0.4, 0.5) is 5.69 Å². The van der Waals surface area contributed by atoms with Gasteiger partial charge in [-0.1, -0.05) is 29.3 Å². The summed E-state index contributed by atoms with van der Waals surface area (Å²) in [5.74, 6) is 1.17. The molecule has 4 nitrogen and oxygen atoms in total. The van der Waals surface area contributed by atoms with Crippen molar-refractivity contribution >= 4 is 34.8 Å². The Morgan fingerprint density at radius 3 is 2.48 bits per heavy atom. The summed E-state index contributed by atoms with van der Waals surface area (Å²) in [6.07, 6.45) is 0.892. The fourth-order valence-corrected chi connectivity index (χ4v) is 2.44. The van der Waals surface area contributed by atoms with Gasteiger partial charge in [0.25, 0.3) is 0 Å². The van der Waals surface area contributed by atoms with Gasteiger partial charge in [0, 0.05) is 11.4 Å². The lowest BCUT2D eigenvalue weighted by Crippen LogP contribution is -2.12. The van der Waals surface area contributed by atoms with Crippen molar-refractivity contribution < 1.29 is 14.3 Å². The molecular formula is C17H17Cl2NO3. The van der Waals surface area contributed by atoms with Gasteiger partial charge in [0.1, 0.15) is 0 Å². The number of nitrogens with one attached hydrogen (secondary N) is 1. The van der Waals surface area contributed by atoms with Gasteiger partial charge in [-0.15, -0.1) is 0 Å². The molecule has 0 saturated carbocycles. The summed E-state index contributed by atoms with van der Waals surface area (Å²) < 4.78 is 10.4. The molecule has 0 spiro atoms. The minimum absolute atomic E-state index is 0.135. The molecule has 0 fully saturated rings. The maximum atomic E-state index is 12.1. The van der Waals surface area contributed by atoms with E-state index in [9.17, 15) is 4.79 Å². The van der Waals surface area contributed by atoms with Crippen LogP contribution in [0.15, 0.2) is 36.4 Å². The molecule has 2 rings (SSSR count). The summed E-state index contributed by atoms with van der Waals surface area (Å²) >= 11 is 11.9. The number of halogens is 2. The average molecular weight is 354 g/mol. The van der Waals surface area contributed by atoms with Crippen molar-refractivity contribution in [2.45, 2.75) is 12.8 Å². The lowest BCUT2D eigenvalue weighted by Gasteiger charge is -2.10. The number of aryl methyl sites for hydroxylation is 1. The van der Waals surface area contributed by atoms with Gasteiger partial charge in [0.05, 0.1) is 24.9 Å². The van der Waals surface area contributed by atoms with E-state index < -0.39 is 0 Å². The number of ether oxygens (including phenoxy) is 2. The first kappa shape index (κ1) is 17.4. The third-order valence-electron chi connectivity index (χ3n) is 3.29. The molecule has 6 heteroatoms. The molecule has 0 atom stereocenters. The van der Waals surface area contributed by atoms with Crippen molar-refractivity contribution in [3.8, 4) is 11.5 Å². The Bertz CT molecular complexity index is 704. The minimum atomic E-state index is -0.135. The predicted molar refractivity (Wildman–Crippen MR) is 93.0 cm³/mol. The Kier molecular flexibility index (Phi) is 6.13. The van der Waals surface area contributed by atoms with Gasteiger partial charge in [0.15, 0.2) is 11.5 Å². The van der Waals surface area contributed by atoms with Crippen LogP contribution in [0.2, 0.25) is 10.0 Å². The highest BCUT2D eigenvalue weighted by Crippen LogP contribution is 2.28. The third kappa shape index (κ3) is 4.78. The van der Waals surface area contributed by atoms with Gasteiger partial charge in [-0.3, -0.25) is 4.79 Å². The van der Waals surface area contributed by atoms with Crippen LogP contribution in [0.1, 0.15) is 12.0 Å². The summed E-state index contributed by atoms with van der Waals surface area (Å²) in [5.41, 5.74) is 1.49. The molecule has 0 aliphatic rings. The maximum absolute atomic E-state index is 12.1. The van der Waals surface area contributed by atoms with Gasteiger partial charge in [0.2, 0.25) is 5.91 Å². The quantitative estimate of drug-likeness (QED) is 0.826. The zero-order valence-corrected chi connectivity index (χ0v) is 14.4. The standard InChI is InChI=1S/C17H17Cl2NO3/c1-22-15-7-3-11(9-16(15)23-2)4-8-17(21)20-14-10-12(18)5-6-13(14)19/h3,5-7,9-10H,4,8H2,1-2H3,(H,20,21). The Morgan fingerprint density at radius 1 is 1.04 bits per heavy atom. The molecule has 122 valence electrons. The first-order chi connectivity index (χ1) is 11.0. The van der Waals surface area contributed by atoms with Crippen molar-refractivity contribution in [2.75, 3.05) is 19.5 Å². The number of carbonyl (C=O) groups is 1. The summed E-state index contributed by atoms with van der Waals surface area (Å²) in [7, 11) is 3.16. The van der Waals surface area contributed by atoms with Gasteiger partial charge < -0.3 is 14.8 Å². The highest BCUT2D eigenvalue weighted by atomic mass is 35.5. The third-order valence-corrected chi connectivity index (χ3v) is 3.86. The van der Waals surface area contributed by atoms with Gasteiger partial charge in [-0.25, -0.2) is 0 Å². The van der Waals surface area contributed by atoms with E-state index in [1.165, 1.54) is 0 Å². The van der Waals surface area contributed by atoms with Crippen molar-refractivity contribution in [3.05, 3.63) is 52.0 Å². The monoisotopic (exact) mass is 353 g/mol. The molecule has 2 aromatic rings. The van der Waals surface area contributed by atoms with Crippen molar-refractivity contribution in [3.63, 3.8) is 0 Å². The zero-order chi connectivity index (χ0) is 16.8. The summed E-state index contributed by atoms with van der Waals surface area (Å²) in [5, 5.41) is 3.73. The van der Waals surface area contributed by atoms with E-state index in [2.05, 4.69) is 5.32 Å². The lowest BCUT2D eigenvalue weighted by atomic mass is 10.1. The molecule has 1 amide bonds. The van der Waals surface area contributed by atoms with E-state index in [1.54, 1.807) is 32.4 Å². The number of rotatable bonds is 6. The average Bonchev–Trinajstić information content (AvgIpc) is 2.56. The van der Waals surface area contributed by atoms with Crippen LogP contribution in [-0.2, 0) is 11.2 Å². The zero-order valence-electron chi connectivity index (χ0n) is 12.9. The van der Waals surface area contributed by atoms with Crippen LogP contribution >= 0.6 is 23.2 Å². The molecule has 0 radical (unpaired) electrons. The molecule has 1 N–H and O–H groups in total. The Labute approximate surface area is 145 Å². The lowest BCUT2D eigenvalue weighted by molar-refractivity contribution is -0.116. The molecule has 0 saturated heterocycles. The van der Waals surface area contributed by atoms with Gasteiger partial charge in [-0.05, 0) is 42.3 Å². The van der Waals surface area contributed by atoms with E-state index in [4.69, 9.17) is 32.7 Å². The smallest absolute Gasteiger partial charge is 0.224 e. The molecule has 0 bridgehead atoms. The molecule has 23 heavy (non-hydrogen) atoms. The summed E-state index contributed by atoms with van der Waals surface area (Å²) in [6, 6.07) is 10.5. The Morgan fingerprint density at radius 2 is 1.78 bits per heavy atom. The fourth-order valence-electron chi connectivity index (χ4n) is 2.10. The van der Waals surface area contributed by atoms with Crippen LogP contribution in [0.5, 0.6) is 11.5 Å².